The molecule has 0 bridgehead atoms. The van der Waals surface area contributed by atoms with Crippen LogP contribution < -0.4 is 5.32 Å². The van der Waals surface area contributed by atoms with Gasteiger partial charge in [0.1, 0.15) is 0 Å². The molecular formula is C23H35N3O2S. The lowest BCUT2D eigenvalue weighted by molar-refractivity contribution is -0.119. The highest BCUT2D eigenvalue weighted by Gasteiger charge is 2.22. The number of thioether (sulfide) groups is 1. The highest BCUT2D eigenvalue weighted by Crippen LogP contribution is 2.25. The number of hydrogen-bond donors (Lipinski definition) is 1. The van der Waals surface area contributed by atoms with Crippen molar-refractivity contribution in [3.05, 3.63) is 29.8 Å². The third-order valence-corrected chi connectivity index (χ3v) is 7.03. The first-order valence-electron chi connectivity index (χ1n) is 11.1. The van der Waals surface area contributed by atoms with Gasteiger partial charge in [-0.05, 0) is 45.0 Å². The number of likely N-dealkylation sites (N-methyl/N-ethyl adjacent to an activating group) is 1. The normalized spacial score (nSPS) is 19.8. The molecule has 0 radical (unpaired) electrons. The van der Waals surface area contributed by atoms with E-state index in [1.54, 1.807) is 0 Å². The van der Waals surface area contributed by atoms with Gasteiger partial charge in [-0.25, -0.2) is 0 Å². The van der Waals surface area contributed by atoms with Crippen molar-refractivity contribution in [2.45, 2.75) is 62.3 Å². The quantitative estimate of drug-likeness (QED) is 0.741. The predicted octanol–water partition coefficient (Wildman–Crippen LogP) is 3.79. The number of carbonyl (C=O) groups is 2. The summed E-state index contributed by atoms with van der Waals surface area (Å²) in [6.07, 6.45) is 9.49. The van der Waals surface area contributed by atoms with Crippen molar-refractivity contribution in [1.82, 2.24) is 15.1 Å². The van der Waals surface area contributed by atoms with Crippen LogP contribution in [0.15, 0.2) is 29.2 Å². The first-order chi connectivity index (χ1) is 14.1. The van der Waals surface area contributed by atoms with Crippen molar-refractivity contribution in [1.29, 1.82) is 0 Å². The molecule has 2 aliphatic rings. The first kappa shape index (κ1) is 22.2. The van der Waals surface area contributed by atoms with Gasteiger partial charge in [0, 0.05) is 30.6 Å². The smallest absolute Gasteiger partial charge is 0.255 e. The van der Waals surface area contributed by atoms with Gasteiger partial charge in [-0.1, -0.05) is 44.2 Å². The average Bonchev–Trinajstić information content (AvgIpc) is 2.92. The minimum absolute atomic E-state index is 0.0826. The molecule has 29 heavy (non-hydrogen) atoms. The second kappa shape index (κ2) is 11.6. The Labute approximate surface area is 179 Å². The SMILES string of the molecule is CN1CCCN(C(=O)c2ccccc2SCC(=O)NC2CCCCCCC2)CC1. The zero-order valence-electron chi connectivity index (χ0n) is 17.7. The third-order valence-electron chi connectivity index (χ3n) is 5.95. The summed E-state index contributed by atoms with van der Waals surface area (Å²) in [5.74, 6) is 0.534. The Hall–Kier alpha value is -1.53. The molecule has 0 aromatic heterocycles. The minimum Gasteiger partial charge on any atom is -0.353 e. The van der Waals surface area contributed by atoms with E-state index in [4.69, 9.17) is 0 Å². The van der Waals surface area contributed by atoms with Crippen LogP contribution in [0.3, 0.4) is 0 Å². The first-order valence-corrected chi connectivity index (χ1v) is 12.1. The van der Waals surface area contributed by atoms with Gasteiger partial charge in [-0.15, -0.1) is 11.8 Å². The summed E-state index contributed by atoms with van der Waals surface area (Å²) in [6, 6.07) is 8.03. The number of amides is 2. The maximum Gasteiger partial charge on any atom is 0.255 e. The van der Waals surface area contributed by atoms with Gasteiger partial charge in [-0.3, -0.25) is 9.59 Å². The summed E-state index contributed by atoms with van der Waals surface area (Å²) in [4.78, 5) is 30.8. The Morgan fingerprint density at radius 1 is 0.966 bits per heavy atom. The van der Waals surface area contributed by atoms with Crippen molar-refractivity contribution in [2.24, 2.45) is 0 Å². The molecule has 0 unspecified atom stereocenters. The van der Waals surface area contributed by atoms with Crippen LogP contribution in [0.5, 0.6) is 0 Å². The van der Waals surface area contributed by atoms with Crippen LogP contribution >= 0.6 is 11.8 Å². The topological polar surface area (TPSA) is 52.7 Å². The average molecular weight is 418 g/mol. The number of hydrogen-bond acceptors (Lipinski definition) is 4. The molecule has 2 amide bonds. The largest absolute Gasteiger partial charge is 0.353 e. The van der Waals surface area contributed by atoms with Gasteiger partial charge in [0.25, 0.3) is 5.91 Å². The molecule has 1 aliphatic carbocycles. The van der Waals surface area contributed by atoms with Gasteiger partial charge >= 0.3 is 0 Å². The molecule has 0 spiro atoms. The zero-order valence-corrected chi connectivity index (χ0v) is 18.5. The molecule has 160 valence electrons. The molecule has 1 aromatic rings. The Morgan fingerprint density at radius 2 is 1.69 bits per heavy atom. The van der Waals surface area contributed by atoms with E-state index < -0.39 is 0 Å². The Morgan fingerprint density at radius 3 is 2.48 bits per heavy atom. The predicted molar refractivity (Wildman–Crippen MR) is 119 cm³/mol. The second-order valence-electron chi connectivity index (χ2n) is 8.34. The summed E-state index contributed by atoms with van der Waals surface area (Å²) in [6.45, 7) is 3.49. The van der Waals surface area contributed by atoms with Gasteiger partial charge in [0.2, 0.25) is 5.91 Å². The minimum atomic E-state index is 0.0826. The number of benzene rings is 1. The van der Waals surface area contributed by atoms with Crippen molar-refractivity contribution in [3.63, 3.8) is 0 Å². The highest BCUT2D eigenvalue weighted by molar-refractivity contribution is 8.00. The van der Waals surface area contributed by atoms with E-state index in [1.807, 2.05) is 29.2 Å². The number of nitrogens with zero attached hydrogens (tertiary/aromatic N) is 2. The van der Waals surface area contributed by atoms with Crippen LogP contribution in [0.25, 0.3) is 0 Å². The van der Waals surface area contributed by atoms with E-state index in [9.17, 15) is 9.59 Å². The van der Waals surface area contributed by atoms with E-state index in [0.717, 1.165) is 55.9 Å². The van der Waals surface area contributed by atoms with Gasteiger partial charge in [0.15, 0.2) is 0 Å². The van der Waals surface area contributed by atoms with Crippen molar-refractivity contribution >= 4 is 23.6 Å². The molecule has 5 nitrogen and oxygen atoms in total. The lowest BCUT2D eigenvalue weighted by Gasteiger charge is -2.22. The van der Waals surface area contributed by atoms with Crippen molar-refractivity contribution in [3.8, 4) is 0 Å². The molecule has 6 heteroatoms. The standard InChI is InChI=1S/C23H35N3O2S/c1-25-14-9-15-26(17-16-25)23(28)20-12-7-8-13-21(20)29-18-22(27)24-19-10-5-3-2-4-6-11-19/h7-8,12-13,19H,2-6,9-11,14-18H2,1H3,(H,24,27). The molecule has 1 heterocycles. The van der Waals surface area contributed by atoms with Crippen LogP contribution in [-0.4, -0.2) is 66.6 Å². The fraction of sp³-hybridized carbons (Fsp3) is 0.652. The van der Waals surface area contributed by atoms with Crippen LogP contribution in [0, 0.1) is 0 Å². The summed E-state index contributed by atoms with van der Waals surface area (Å²) in [7, 11) is 2.10. The molecule has 1 aromatic carbocycles. The summed E-state index contributed by atoms with van der Waals surface area (Å²) >= 11 is 1.48. The highest BCUT2D eigenvalue weighted by atomic mass is 32.2. The molecule has 0 atom stereocenters. The molecule has 1 saturated heterocycles. The maximum absolute atomic E-state index is 13.1. The van der Waals surface area contributed by atoms with E-state index >= 15 is 0 Å². The molecule has 3 rings (SSSR count). The van der Waals surface area contributed by atoms with E-state index in [-0.39, 0.29) is 11.8 Å². The van der Waals surface area contributed by atoms with Crippen LogP contribution in [0.1, 0.15) is 61.7 Å². The van der Waals surface area contributed by atoms with Gasteiger partial charge < -0.3 is 15.1 Å². The molecule has 1 saturated carbocycles. The summed E-state index contributed by atoms with van der Waals surface area (Å²) in [5.41, 5.74) is 0.723. The summed E-state index contributed by atoms with van der Waals surface area (Å²) < 4.78 is 0. The van der Waals surface area contributed by atoms with Crippen molar-refractivity contribution in [2.75, 3.05) is 39.0 Å². The van der Waals surface area contributed by atoms with E-state index in [2.05, 4.69) is 17.3 Å². The molecule has 1 N–H and O–H groups in total. The van der Waals surface area contributed by atoms with Crippen LogP contribution in [0.2, 0.25) is 0 Å². The molecule has 1 aliphatic heterocycles. The lowest BCUT2D eigenvalue weighted by atomic mass is 9.97. The Kier molecular flexibility index (Phi) is 8.87. The summed E-state index contributed by atoms with van der Waals surface area (Å²) in [5, 5.41) is 3.22. The number of carbonyl (C=O) groups excluding carboxylic acids is 2. The zero-order chi connectivity index (χ0) is 20.5. The van der Waals surface area contributed by atoms with E-state index in [0.29, 0.717) is 11.8 Å². The van der Waals surface area contributed by atoms with Gasteiger partial charge in [-0.2, -0.15) is 0 Å². The fourth-order valence-corrected chi connectivity index (χ4v) is 5.06. The Bertz CT molecular complexity index is 674. The number of nitrogens with one attached hydrogen (secondary N) is 1. The molecule has 2 fully saturated rings. The van der Waals surface area contributed by atoms with Crippen LogP contribution in [-0.2, 0) is 4.79 Å². The maximum atomic E-state index is 13.1. The lowest BCUT2D eigenvalue weighted by Crippen LogP contribution is -2.36. The van der Waals surface area contributed by atoms with E-state index in [1.165, 1.54) is 43.9 Å². The second-order valence-corrected chi connectivity index (χ2v) is 9.36. The fourth-order valence-electron chi connectivity index (χ4n) is 4.20. The molecular weight excluding hydrogens is 382 g/mol. The third kappa shape index (κ3) is 7.03. The van der Waals surface area contributed by atoms with Gasteiger partial charge in [0.05, 0.1) is 11.3 Å². The van der Waals surface area contributed by atoms with Crippen LogP contribution in [0.4, 0.5) is 0 Å². The number of rotatable bonds is 5. The van der Waals surface area contributed by atoms with Crippen molar-refractivity contribution < 1.29 is 9.59 Å². The Balaban J connectivity index is 1.55. The monoisotopic (exact) mass is 417 g/mol.